The molecule has 1 aliphatic heterocycles. The number of anilines is 1. The molecular weight excluding hydrogens is 334 g/mol. The van der Waals surface area contributed by atoms with Gasteiger partial charge < -0.3 is 20.1 Å². The van der Waals surface area contributed by atoms with Crippen LogP contribution < -0.4 is 10.6 Å². The number of morpholine rings is 1. The number of amides is 2. The zero-order valence-electron chi connectivity index (χ0n) is 15.4. The number of carbonyl (C=O) groups excluding carboxylic acids is 2. The summed E-state index contributed by atoms with van der Waals surface area (Å²) in [5.41, 5.74) is 1.54. The molecule has 7 heteroatoms. The number of esters is 1. The lowest BCUT2D eigenvalue weighted by Gasteiger charge is -2.32. The van der Waals surface area contributed by atoms with E-state index < -0.39 is 0 Å². The fourth-order valence-electron chi connectivity index (χ4n) is 2.60. The molecule has 1 aliphatic rings. The first-order valence-electron chi connectivity index (χ1n) is 8.90. The van der Waals surface area contributed by atoms with Gasteiger partial charge in [0, 0.05) is 37.4 Å². The van der Waals surface area contributed by atoms with E-state index in [0.717, 1.165) is 31.9 Å². The van der Waals surface area contributed by atoms with E-state index in [-0.39, 0.29) is 18.0 Å². The Bertz CT molecular complexity index is 610. The van der Waals surface area contributed by atoms with Gasteiger partial charge in [0.05, 0.1) is 19.8 Å². The summed E-state index contributed by atoms with van der Waals surface area (Å²) in [4.78, 5) is 25.6. The topological polar surface area (TPSA) is 79.9 Å². The molecule has 0 aromatic heterocycles. The Morgan fingerprint density at radius 3 is 2.62 bits per heavy atom. The first kappa shape index (κ1) is 19.9. The van der Waals surface area contributed by atoms with E-state index in [4.69, 9.17) is 9.47 Å². The van der Waals surface area contributed by atoms with Crippen LogP contribution >= 0.6 is 0 Å². The van der Waals surface area contributed by atoms with Crippen LogP contribution in [-0.4, -0.2) is 62.4 Å². The Morgan fingerprint density at radius 1 is 1.27 bits per heavy atom. The number of nitrogens with zero attached hydrogens (tertiary/aromatic N) is 1. The van der Waals surface area contributed by atoms with E-state index in [1.165, 1.54) is 6.08 Å². The molecule has 1 saturated heterocycles. The van der Waals surface area contributed by atoms with Crippen molar-refractivity contribution >= 4 is 23.8 Å². The van der Waals surface area contributed by atoms with Crippen LogP contribution in [0.25, 0.3) is 6.08 Å². The van der Waals surface area contributed by atoms with Crippen LogP contribution in [0, 0.1) is 0 Å². The van der Waals surface area contributed by atoms with Crippen molar-refractivity contribution in [1.29, 1.82) is 0 Å². The molecule has 2 N–H and O–H groups in total. The fraction of sp³-hybridized carbons (Fsp3) is 0.474. The second-order valence-electron chi connectivity index (χ2n) is 6.04. The van der Waals surface area contributed by atoms with Gasteiger partial charge in [0.15, 0.2) is 0 Å². The van der Waals surface area contributed by atoms with Gasteiger partial charge in [-0.3, -0.25) is 4.90 Å². The Labute approximate surface area is 154 Å². The number of hydrogen-bond acceptors (Lipinski definition) is 5. The van der Waals surface area contributed by atoms with E-state index in [0.29, 0.717) is 18.8 Å². The second kappa shape index (κ2) is 10.6. The normalized spacial score (nSPS) is 16.2. The third-order valence-electron chi connectivity index (χ3n) is 4.09. The van der Waals surface area contributed by atoms with Crippen LogP contribution in [0.5, 0.6) is 0 Å². The van der Waals surface area contributed by atoms with Crippen LogP contribution in [0.4, 0.5) is 10.5 Å². The van der Waals surface area contributed by atoms with Gasteiger partial charge in [-0.05, 0) is 37.6 Å². The molecule has 2 amide bonds. The number of ether oxygens (including phenoxy) is 2. The first-order chi connectivity index (χ1) is 12.6. The van der Waals surface area contributed by atoms with E-state index >= 15 is 0 Å². The van der Waals surface area contributed by atoms with Gasteiger partial charge in [-0.2, -0.15) is 0 Å². The van der Waals surface area contributed by atoms with Crippen molar-refractivity contribution in [3.63, 3.8) is 0 Å². The van der Waals surface area contributed by atoms with Gasteiger partial charge in [0.25, 0.3) is 0 Å². The molecule has 1 aromatic carbocycles. The maximum atomic E-state index is 12.0. The molecule has 1 heterocycles. The molecule has 0 saturated carbocycles. The van der Waals surface area contributed by atoms with Gasteiger partial charge in [-0.25, -0.2) is 9.59 Å². The highest BCUT2D eigenvalue weighted by Crippen LogP contribution is 2.11. The number of rotatable bonds is 7. The van der Waals surface area contributed by atoms with E-state index in [2.05, 4.69) is 22.5 Å². The molecule has 7 nitrogen and oxygen atoms in total. The smallest absolute Gasteiger partial charge is 0.330 e. The number of carbonyl (C=O) groups is 2. The molecule has 0 bridgehead atoms. The molecule has 0 unspecified atom stereocenters. The zero-order valence-corrected chi connectivity index (χ0v) is 15.4. The predicted molar refractivity (Wildman–Crippen MR) is 101 cm³/mol. The minimum atomic E-state index is -0.372. The van der Waals surface area contributed by atoms with Crippen molar-refractivity contribution in [1.82, 2.24) is 10.2 Å². The monoisotopic (exact) mass is 361 g/mol. The predicted octanol–water partition coefficient (Wildman–Crippen LogP) is 2.11. The first-order valence-corrected chi connectivity index (χ1v) is 8.90. The van der Waals surface area contributed by atoms with E-state index in [9.17, 15) is 9.59 Å². The Kier molecular flexibility index (Phi) is 8.11. The Morgan fingerprint density at radius 2 is 1.96 bits per heavy atom. The molecule has 142 valence electrons. The summed E-state index contributed by atoms with van der Waals surface area (Å²) in [5, 5.41) is 5.69. The molecule has 0 aliphatic carbocycles. The molecule has 1 aromatic rings. The highest BCUT2D eigenvalue weighted by Gasteiger charge is 2.17. The third-order valence-corrected chi connectivity index (χ3v) is 4.09. The molecule has 0 spiro atoms. The summed E-state index contributed by atoms with van der Waals surface area (Å²) >= 11 is 0. The van der Waals surface area contributed by atoms with Crippen molar-refractivity contribution in [3.05, 3.63) is 35.9 Å². The summed E-state index contributed by atoms with van der Waals surface area (Å²) in [7, 11) is 0. The lowest BCUT2D eigenvalue weighted by Crippen LogP contribution is -2.47. The molecule has 2 rings (SSSR count). The van der Waals surface area contributed by atoms with Crippen LogP contribution in [0.2, 0.25) is 0 Å². The molecule has 1 fully saturated rings. The maximum absolute atomic E-state index is 12.0. The highest BCUT2D eigenvalue weighted by molar-refractivity contribution is 5.90. The summed E-state index contributed by atoms with van der Waals surface area (Å²) in [6.07, 6.45) is 3.05. The van der Waals surface area contributed by atoms with Crippen LogP contribution in [-0.2, 0) is 14.3 Å². The lowest BCUT2D eigenvalue weighted by atomic mass is 10.2. The number of urea groups is 1. The van der Waals surface area contributed by atoms with Crippen LogP contribution in [0.15, 0.2) is 30.3 Å². The van der Waals surface area contributed by atoms with Crippen molar-refractivity contribution in [2.45, 2.75) is 19.9 Å². The largest absolute Gasteiger partial charge is 0.463 e. The molecule has 26 heavy (non-hydrogen) atoms. The van der Waals surface area contributed by atoms with Crippen molar-refractivity contribution in [2.75, 3.05) is 44.8 Å². The van der Waals surface area contributed by atoms with Crippen LogP contribution in [0.1, 0.15) is 19.4 Å². The van der Waals surface area contributed by atoms with Gasteiger partial charge in [-0.15, -0.1) is 0 Å². The molecule has 0 radical (unpaired) electrons. The summed E-state index contributed by atoms with van der Waals surface area (Å²) in [6.45, 7) is 8.06. The van der Waals surface area contributed by atoms with Gasteiger partial charge in [-0.1, -0.05) is 12.1 Å². The highest BCUT2D eigenvalue weighted by atomic mass is 16.5. The van der Waals surface area contributed by atoms with Crippen molar-refractivity contribution in [3.8, 4) is 0 Å². The quantitative estimate of drug-likeness (QED) is 0.574. The van der Waals surface area contributed by atoms with E-state index in [1.54, 1.807) is 25.1 Å². The standard InChI is InChI=1S/C19H27N3O4/c1-3-26-18(23)9-6-16-4-7-17(8-5-16)21-19(24)20-14-15(2)22-10-12-25-13-11-22/h4-9,15H,3,10-14H2,1-2H3,(H2,20,21,24)/b9-6-/t15-/m1/s1. The van der Waals surface area contributed by atoms with Gasteiger partial charge >= 0.3 is 12.0 Å². The average molecular weight is 361 g/mol. The minimum absolute atomic E-state index is 0.236. The molecular formula is C19H27N3O4. The van der Waals surface area contributed by atoms with E-state index in [1.807, 2.05) is 12.1 Å². The SMILES string of the molecule is CCOC(=O)/C=C\c1ccc(NC(=O)NC[C@@H](C)N2CCOCC2)cc1. The lowest BCUT2D eigenvalue weighted by molar-refractivity contribution is -0.137. The van der Waals surface area contributed by atoms with Crippen molar-refractivity contribution < 1.29 is 19.1 Å². The summed E-state index contributed by atoms with van der Waals surface area (Å²) in [5.74, 6) is -0.372. The Balaban J connectivity index is 1.75. The van der Waals surface area contributed by atoms with Gasteiger partial charge in [0.2, 0.25) is 0 Å². The van der Waals surface area contributed by atoms with Crippen LogP contribution in [0.3, 0.4) is 0 Å². The average Bonchev–Trinajstić information content (AvgIpc) is 2.66. The Hall–Kier alpha value is -2.38. The number of benzene rings is 1. The fourth-order valence-corrected chi connectivity index (χ4v) is 2.60. The van der Waals surface area contributed by atoms with Crippen molar-refractivity contribution in [2.24, 2.45) is 0 Å². The maximum Gasteiger partial charge on any atom is 0.330 e. The zero-order chi connectivity index (χ0) is 18.8. The summed E-state index contributed by atoms with van der Waals surface area (Å²) in [6, 6.07) is 7.25. The number of nitrogens with one attached hydrogen (secondary N) is 2. The third kappa shape index (κ3) is 6.85. The summed E-state index contributed by atoms with van der Waals surface area (Å²) < 4.78 is 10.2. The second-order valence-corrected chi connectivity index (χ2v) is 6.04. The molecule has 1 atom stereocenters. The number of hydrogen-bond donors (Lipinski definition) is 2. The van der Waals surface area contributed by atoms with Gasteiger partial charge in [0.1, 0.15) is 0 Å². The minimum Gasteiger partial charge on any atom is -0.463 e.